The minimum Gasteiger partial charge on any atom is -0.496 e. The van der Waals surface area contributed by atoms with E-state index < -0.39 is 0 Å². The summed E-state index contributed by atoms with van der Waals surface area (Å²) in [5.74, 6) is 0.947. The van der Waals surface area contributed by atoms with Crippen molar-refractivity contribution in [3.05, 3.63) is 53.6 Å². The highest BCUT2D eigenvalue weighted by atomic mass is 16.5. The third-order valence-electron chi connectivity index (χ3n) is 3.54. The SMILES string of the molecule is COc1cc(CCC(=O)N(C)Cc2cnccn2)ccc1C. The van der Waals surface area contributed by atoms with Crippen LogP contribution in [0, 0.1) is 6.92 Å². The number of amides is 1. The van der Waals surface area contributed by atoms with Crippen LogP contribution in [-0.2, 0) is 17.8 Å². The highest BCUT2D eigenvalue weighted by Crippen LogP contribution is 2.20. The number of carbonyl (C=O) groups is 1. The first-order valence-electron chi connectivity index (χ1n) is 7.22. The molecule has 0 unspecified atom stereocenters. The number of carbonyl (C=O) groups excluding carboxylic acids is 1. The van der Waals surface area contributed by atoms with Crippen LogP contribution in [0.3, 0.4) is 0 Å². The summed E-state index contributed by atoms with van der Waals surface area (Å²) in [6, 6.07) is 6.04. The fourth-order valence-electron chi connectivity index (χ4n) is 2.20. The van der Waals surface area contributed by atoms with Crippen LogP contribution >= 0.6 is 0 Å². The number of aryl methyl sites for hydroxylation is 2. The van der Waals surface area contributed by atoms with Crippen LogP contribution in [0.4, 0.5) is 0 Å². The van der Waals surface area contributed by atoms with Crippen molar-refractivity contribution in [3.8, 4) is 5.75 Å². The average Bonchev–Trinajstić information content (AvgIpc) is 2.54. The van der Waals surface area contributed by atoms with E-state index in [1.165, 1.54) is 0 Å². The average molecular weight is 299 g/mol. The second-order valence-electron chi connectivity index (χ2n) is 5.25. The van der Waals surface area contributed by atoms with Crippen molar-refractivity contribution in [2.75, 3.05) is 14.2 Å². The molecule has 1 amide bonds. The van der Waals surface area contributed by atoms with E-state index in [0.29, 0.717) is 19.4 Å². The Hall–Kier alpha value is -2.43. The molecule has 2 rings (SSSR count). The number of rotatable bonds is 6. The van der Waals surface area contributed by atoms with Crippen molar-refractivity contribution in [1.82, 2.24) is 14.9 Å². The Morgan fingerprint density at radius 2 is 2.14 bits per heavy atom. The Kier molecular flexibility index (Phi) is 5.47. The maximum atomic E-state index is 12.2. The molecule has 0 aliphatic heterocycles. The van der Waals surface area contributed by atoms with Crippen molar-refractivity contribution in [3.63, 3.8) is 0 Å². The minimum absolute atomic E-state index is 0.0881. The summed E-state index contributed by atoms with van der Waals surface area (Å²) < 4.78 is 5.31. The van der Waals surface area contributed by atoms with Gasteiger partial charge in [-0.2, -0.15) is 0 Å². The van der Waals surface area contributed by atoms with Gasteiger partial charge in [0.25, 0.3) is 0 Å². The van der Waals surface area contributed by atoms with Gasteiger partial charge in [-0.05, 0) is 30.5 Å². The van der Waals surface area contributed by atoms with Gasteiger partial charge in [0, 0.05) is 25.9 Å². The van der Waals surface area contributed by atoms with Crippen LogP contribution in [-0.4, -0.2) is 34.9 Å². The van der Waals surface area contributed by atoms with E-state index in [1.54, 1.807) is 37.6 Å². The van der Waals surface area contributed by atoms with Gasteiger partial charge >= 0.3 is 0 Å². The molecular weight excluding hydrogens is 278 g/mol. The molecule has 116 valence electrons. The van der Waals surface area contributed by atoms with Gasteiger partial charge in [0.15, 0.2) is 0 Å². The number of hydrogen-bond donors (Lipinski definition) is 0. The van der Waals surface area contributed by atoms with Gasteiger partial charge in [0.1, 0.15) is 5.75 Å². The van der Waals surface area contributed by atoms with Crippen LogP contribution in [0.15, 0.2) is 36.8 Å². The molecule has 1 aromatic carbocycles. The second kappa shape index (κ2) is 7.54. The lowest BCUT2D eigenvalue weighted by Crippen LogP contribution is -2.26. The molecule has 2 aromatic rings. The van der Waals surface area contributed by atoms with Crippen LogP contribution in [0.25, 0.3) is 0 Å². The molecule has 0 aliphatic rings. The topological polar surface area (TPSA) is 55.3 Å². The number of hydrogen-bond acceptors (Lipinski definition) is 4. The van der Waals surface area contributed by atoms with Gasteiger partial charge in [-0.15, -0.1) is 0 Å². The molecule has 0 N–H and O–H groups in total. The first kappa shape index (κ1) is 15.9. The maximum absolute atomic E-state index is 12.2. The predicted molar refractivity (Wildman–Crippen MR) is 84.6 cm³/mol. The predicted octanol–water partition coefficient (Wildman–Crippen LogP) is 2.38. The smallest absolute Gasteiger partial charge is 0.222 e. The molecule has 1 aromatic heterocycles. The summed E-state index contributed by atoms with van der Waals surface area (Å²) in [6.07, 6.45) is 6.08. The van der Waals surface area contributed by atoms with E-state index in [-0.39, 0.29) is 5.91 Å². The summed E-state index contributed by atoms with van der Waals surface area (Å²) in [6.45, 7) is 2.48. The molecule has 5 heteroatoms. The van der Waals surface area contributed by atoms with Gasteiger partial charge < -0.3 is 9.64 Å². The number of benzene rings is 1. The summed E-state index contributed by atoms with van der Waals surface area (Å²) in [7, 11) is 3.44. The summed E-state index contributed by atoms with van der Waals surface area (Å²) in [5.41, 5.74) is 2.98. The molecule has 0 bridgehead atoms. The molecule has 0 saturated heterocycles. The molecule has 22 heavy (non-hydrogen) atoms. The first-order chi connectivity index (χ1) is 10.6. The highest BCUT2D eigenvalue weighted by molar-refractivity contribution is 5.76. The summed E-state index contributed by atoms with van der Waals surface area (Å²) in [4.78, 5) is 22.0. The van der Waals surface area contributed by atoms with E-state index in [4.69, 9.17) is 4.74 Å². The fraction of sp³-hybridized carbons (Fsp3) is 0.353. The van der Waals surface area contributed by atoms with Crippen LogP contribution in [0.5, 0.6) is 5.75 Å². The highest BCUT2D eigenvalue weighted by Gasteiger charge is 2.11. The number of nitrogens with zero attached hydrogens (tertiary/aromatic N) is 3. The van der Waals surface area contributed by atoms with Crippen molar-refractivity contribution in [2.45, 2.75) is 26.3 Å². The van der Waals surface area contributed by atoms with Crippen LogP contribution in [0.1, 0.15) is 23.2 Å². The van der Waals surface area contributed by atoms with Crippen molar-refractivity contribution >= 4 is 5.91 Å². The Balaban J connectivity index is 1.89. The van der Waals surface area contributed by atoms with Crippen molar-refractivity contribution in [1.29, 1.82) is 0 Å². The third kappa shape index (κ3) is 4.28. The Morgan fingerprint density at radius 1 is 1.32 bits per heavy atom. The molecule has 0 aliphatic carbocycles. The van der Waals surface area contributed by atoms with E-state index in [2.05, 4.69) is 9.97 Å². The molecule has 5 nitrogen and oxygen atoms in total. The Bertz CT molecular complexity index is 629. The standard InChI is InChI=1S/C17H21N3O2/c1-13-4-5-14(10-16(13)22-3)6-7-17(21)20(2)12-15-11-18-8-9-19-15/h4-5,8-11H,6-7,12H2,1-3H3. The molecule has 0 radical (unpaired) electrons. The second-order valence-corrected chi connectivity index (χ2v) is 5.25. The molecular formula is C17H21N3O2. The zero-order valence-corrected chi connectivity index (χ0v) is 13.2. The minimum atomic E-state index is 0.0881. The lowest BCUT2D eigenvalue weighted by Gasteiger charge is -2.16. The lowest BCUT2D eigenvalue weighted by atomic mass is 10.1. The number of ether oxygens (including phenoxy) is 1. The zero-order valence-electron chi connectivity index (χ0n) is 13.2. The molecule has 0 fully saturated rings. The quantitative estimate of drug-likeness (QED) is 0.822. The number of aromatic nitrogens is 2. The van der Waals surface area contributed by atoms with Crippen LogP contribution in [0.2, 0.25) is 0 Å². The van der Waals surface area contributed by atoms with Gasteiger partial charge in [-0.25, -0.2) is 0 Å². The van der Waals surface area contributed by atoms with Crippen LogP contribution < -0.4 is 4.74 Å². The van der Waals surface area contributed by atoms with Crippen molar-refractivity contribution < 1.29 is 9.53 Å². The normalized spacial score (nSPS) is 10.3. The molecule has 0 atom stereocenters. The molecule has 0 saturated carbocycles. The number of methoxy groups -OCH3 is 1. The monoisotopic (exact) mass is 299 g/mol. The van der Waals surface area contributed by atoms with Gasteiger partial charge in [-0.1, -0.05) is 12.1 Å². The van der Waals surface area contributed by atoms with E-state index in [1.807, 2.05) is 25.1 Å². The van der Waals surface area contributed by atoms with E-state index in [9.17, 15) is 4.79 Å². The van der Waals surface area contributed by atoms with Crippen molar-refractivity contribution in [2.24, 2.45) is 0 Å². The summed E-state index contributed by atoms with van der Waals surface area (Å²) >= 11 is 0. The largest absolute Gasteiger partial charge is 0.496 e. The van der Waals surface area contributed by atoms with Gasteiger partial charge in [-0.3, -0.25) is 14.8 Å². The van der Waals surface area contributed by atoms with E-state index in [0.717, 1.165) is 22.6 Å². The van der Waals surface area contributed by atoms with E-state index >= 15 is 0 Å². The van der Waals surface area contributed by atoms with Gasteiger partial charge in [0.2, 0.25) is 5.91 Å². The Labute approximate surface area is 131 Å². The van der Waals surface area contributed by atoms with Gasteiger partial charge in [0.05, 0.1) is 25.5 Å². The lowest BCUT2D eigenvalue weighted by molar-refractivity contribution is -0.130. The Morgan fingerprint density at radius 3 is 2.82 bits per heavy atom. The first-order valence-corrected chi connectivity index (χ1v) is 7.22. The fourth-order valence-corrected chi connectivity index (χ4v) is 2.20. The third-order valence-corrected chi connectivity index (χ3v) is 3.54. The molecule has 0 spiro atoms. The maximum Gasteiger partial charge on any atom is 0.222 e. The summed E-state index contributed by atoms with van der Waals surface area (Å²) in [5, 5.41) is 0. The molecule has 1 heterocycles. The zero-order chi connectivity index (χ0) is 15.9.